The molecule has 1 N–H and O–H groups in total. The van der Waals surface area contributed by atoms with Crippen molar-refractivity contribution in [2.45, 2.75) is 20.8 Å². The number of benzene rings is 1. The van der Waals surface area contributed by atoms with Gasteiger partial charge < -0.3 is 9.72 Å². The van der Waals surface area contributed by atoms with Crippen LogP contribution >= 0.6 is 0 Å². The fraction of sp³-hybridized carbons (Fsp3) is 0.211. The molecule has 0 saturated heterocycles. The van der Waals surface area contributed by atoms with Crippen LogP contribution in [0.4, 0.5) is 4.39 Å². The van der Waals surface area contributed by atoms with E-state index in [1.54, 1.807) is 26.8 Å². The number of halogens is 1. The highest BCUT2D eigenvalue weighted by Crippen LogP contribution is 2.22. The molecule has 0 aliphatic carbocycles. The van der Waals surface area contributed by atoms with Gasteiger partial charge in [-0.2, -0.15) is 5.26 Å². The number of aromatic nitrogens is 1. The lowest BCUT2D eigenvalue weighted by Crippen LogP contribution is -2.07. The first kappa shape index (κ1) is 18.1. The molecule has 1 heterocycles. The standard InChI is InChI=1S/C19H17FN2O3/c1-4-25-19(24)17-11(2)16(22-12(17)3)9-13(10-21)18(23)14-7-5-6-8-15(14)20/h5-9,22H,4H2,1-3H3/b13-9+. The Kier molecular flexibility index (Phi) is 5.50. The molecule has 0 spiro atoms. The quantitative estimate of drug-likeness (QED) is 0.389. The summed E-state index contributed by atoms with van der Waals surface area (Å²) < 4.78 is 18.8. The summed E-state index contributed by atoms with van der Waals surface area (Å²) >= 11 is 0. The number of nitrogens with one attached hydrogen (secondary N) is 1. The lowest BCUT2D eigenvalue weighted by atomic mass is 10.0. The molecule has 128 valence electrons. The van der Waals surface area contributed by atoms with Gasteiger partial charge in [-0.3, -0.25) is 4.79 Å². The molecule has 0 unspecified atom stereocenters. The van der Waals surface area contributed by atoms with E-state index in [2.05, 4.69) is 4.98 Å². The van der Waals surface area contributed by atoms with E-state index in [1.807, 2.05) is 0 Å². The number of H-pyrrole nitrogens is 1. The molecule has 0 amide bonds. The van der Waals surface area contributed by atoms with Crippen LogP contribution in [0, 0.1) is 31.0 Å². The van der Waals surface area contributed by atoms with Crippen LogP contribution in [0.15, 0.2) is 29.8 Å². The molecule has 2 rings (SSSR count). The minimum absolute atomic E-state index is 0.179. The Bertz CT molecular complexity index is 904. The lowest BCUT2D eigenvalue weighted by Gasteiger charge is -2.02. The average molecular weight is 340 g/mol. The van der Waals surface area contributed by atoms with Gasteiger partial charge in [0.1, 0.15) is 17.5 Å². The van der Waals surface area contributed by atoms with E-state index in [1.165, 1.54) is 24.3 Å². The molecule has 0 atom stereocenters. The van der Waals surface area contributed by atoms with Crippen molar-refractivity contribution in [3.05, 3.63) is 63.7 Å². The predicted octanol–water partition coefficient (Wildman–Crippen LogP) is 3.74. The minimum atomic E-state index is -0.718. The topological polar surface area (TPSA) is 82.9 Å². The summed E-state index contributed by atoms with van der Waals surface area (Å²) in [7, 11) is 0. The number of hydrogen-bond acceptors (Lipinski definition) is 4. The third-order valence-corrected chi connectivity index (χ3v) is 3.73. The molecule has 2 aromatic rings. The molecule has 6 heteroatoms. The largest absolute Gasteiger partial charge is 0.462 e. The van der Waals surface area contributed by atoms with Gasteiger partial charge in [0.05, 0.1) is 17.7 Å². The van der Waals surface area contributed by atoms with Crippen LogP contribution in [0.2, 0.25) is 0 Å². The van der Waals surface area contributed by atoms with Crippen molar-refractivity contribution in [3.8, 4) is 6.07 Å². The van der Waals surface area contributed by atoms with Gasteiger partial charge in [-0.25, -0.2) is 9.18 Å². The highest BCUT2D eigenvalue weighted by molar-refractivity contribution is 6.14. The molecular weight excluding hydrogens is 323 g/mol. The van der Waals surface area contributed by atoms with Gasteiger partial charge in [-0.1, -0.05) is 12.1 Å². The summed E-state index contributed by atoms with van der Waals surface area (Å²) in [5.74, 6) is -1.89. The van der Waals surface area contributed by atoms with Gasteiger partial charge in [0.15, 0.2) is 0 Å². The maximum Gasteiger partial charge on any atom is 0.340 e. The first-order chi connectivity index (χ1) is 11.9. The number of nitriles is 1. The number of ether oxygens (including phenoxy) is 1. The molecule has 1 aromatic carbocycles. The molecule has 1 aromatic heterocycles. The number of aryl methyl sites for hydroxylation is 1. The van der Waals surface area contributed by atoms with Crippen LogP contribution in [0.5, 0.6) is 0 Å². The number of allylic oxidation sites excluding steroid dienone is 1. The molecule has 25 heavy (non-hydrogen) atoms. The van der Waals surface area contributed by atoms with E-state index in [0.717, 1.165) is 6.07 Å². The molecule has 0 aliphatic heterocycles. The Morgan fingerprint density at radius 3 is 2.60 bits per heavy atom. The second kappa shape index (κ2) is 7.58. The van der Waals surface area contributed by atoms with Crippen LogP contribution in [0.25, 0.3) is 6.08 Å². The van der Waals surface area contributed by atoms with Crippen LogP contribution in [-0.2, 0) is 4.74 Å². The second-order valence-corrected chi connectivity index (χ2v) is 5.36. The monoisotopic (exact) mass is 340 g/mol. The number of aromatic amines is 1. The van der Waals surface area contributed by atoms with Crippen LogP contribution in [0.1, 0.15) is 44.6 Å². The average Bonchev–Trinajstić information content (AvgIpc) is 2.86. The SMILES string of the molecule is CCOC(=O)c1c(C)[nH]c(/C=C(\C#N)C(=O)c2ccccc2F)c1C. The molecule has 0 aliphatic rings. The first-order valence-corrected chi connectivity index (χ1v) is 7.68. The summed E-state index contributed by atoms with van der Waals surface area (Å²) in [6, 6.07) is 7.26. The van der Waals surface area contributed by atoms with Crippen molar-refractivity contribution < 1.29 is 18.7 Å². The number of nitrogens with zero attached hydrogens (tertiary/aromatic N) is 1. The van der Waals surface area contributed by atoms with Crippen molar-refractivity contribution in [3.63, 3.8) is 0 Å². The third kappa shape index (κ3) is 3.66. The maximum atomic E-state index is 13.8. The van der Waals surface area contributed by atoms with Gasteiger partial charge in [-0.15, -0.1) is 0 Å². The van der Waals surface area contributed by atoms with E-state index < -0.39 is 17.6 Å². The number of ketones is 1. The number of Topliss-reactive ketones (excluding diaryl/α,β-unsaturated/α-hetero) is 1. The summed E-state index contributed by atoms with van der Waals surface area (Å²) in [5.41, 5.74) is 1.51. The highest BCUT2D eigenvalue weighted by Gasteiger charge is 2.21. The number of rotatable bonds is 5. The van der Waals surface area contributed by atoms with Gasteiger partial charge in [0.25, 0.3) is 0 Å². The first-order valence-electron chi connectivity index (χ1n) is 7.68. The molecule has 5 nitrogen and oxygen atoms in total. The number of hydrogen-bond donors (Lipinski definition) is 1. The Labute approximate surface area is 144 Å². The Hall–Kier alpha value is -3.20. The zero-order valence-electron chi connectivity index (χ0n) is 14.1. The van der Waals surface area contributed by atoms with Crippen molar-refractivity contribution in [2.75, 3.05) is 6.61 Å². The Morgan fingerprint density at radius 1 is 1.32 bits per heavy atom. The fourth-order valence-electron chi connectivity index (χ4n) is 2.51. The minimum Gasteiger partial charge on any atom is -0.462 e. The molecule has 0 fully saturated rings. The van der Waals surface area contributed by atoms with E-state index >= 15 is 0 Å². The van der Waals surface area contributed by atoms with E-state index in [9.17, 15) is 19.2 Å². The number of esters is 1. The lowest BCUT2D eigenvalue weighted by molar-refractivity contribution is 0.0525. The van der Waals surface area contributed by atoms with E-state index in [4.69, 9.17) is 4.74 Å². The van der Waals surface area contributed by atoms with Crippen LogP contribution in [0.3, 0.4) is 0 Å². The van der Waals surface area contributed by atoms with Gasteiger partial charge in [-0.05, 0) is 44.5 Å². The summed E-state index contributed by atoms with van der Waals surface area (Å²) in [4.78, 5) is 27.4. The number of carbonyl (C=O) groups is 2. The predicted molar refractivity (Wildman–Crippen MR) is 90.5 cm³/mol. The smallest absolute Gasteiger partial charge is 0.340 e. The summed E-state index contributed by atoms with van der Waals surface area (Å²) in [6.45, 7) is 5.33. The second-order valence-electron chi connectivity index (χ2n) is 5.36. The normalized spacial score (nSPS) is 11.1. The van der Waals surface area contributed by atoms with E-state index in [-0.39, 0.29) is 17.7 Å². The van der Waals surface area contributed by atoms with Crippen LogP contribution in [-0.4, -0.2) is 23.3 Å². The van der Waals surface area contributed by atoms with Gasteiger partial charge >= 0.3 is 5.97 Å². The van der Waals surface area contributed by atoms with Crippen LogP contribution < -0.4 is 0 Å². The van der Waals surface area contributed by atoms with Crippen molar-refractivity contribution in [2.24, 2.45) is 0 Å². The zero-order chi connectivity index (χ0) is 18.6. The summed E-state index contributed by atoms with van der Waals surface area (Å²) in [5, 5.41) is 9.30. The maximum absolute atomic E-state index is 13.8. The summed E-state index contributed by atoms with van der Waals surface area (Å²) in [6.07, 6.45) is 1.32. The fourth-order valence-corrected chi connectivity index (χ4v) is 2.51. The molecule has 0 saturated carbocycles. The molecular formula is C19H17FN2O3. The number of carbonyl (C=O) groups excluding carboxylic acids is 2. The molecule has 0 bridgehead atoms. The zero-order valence-corrected chi connectivity index (χ0v) is 14.1. The highest BCUT2D eigenvalue weighted by atomic mass is 19.1. The molecule has 0 radical (unpaired) electrons. The van der Waals surface area contributed by atoms with E-state index in [0.29, 0.717) is 22.5 Å². The Morgan fingerprint density at radius 2 is 2.00 bits per heavy atom. The van der Waals surface area contributed by atoms with Gasteiger partial charge in [0.2, 0.25) is 5.78 Å². The van der Waals surface area contributed by atoms with Gasteiger partial charge in [0, 0.05) is 11.4 Å². The van der Waals surface area contributed by atoms with Crippen molar-refractivity contribution >= 4 is 17.8 Å². The van der Waals surface area contributed by atoms with Crippen molar-refractivity contribution in [1.29, 1.82) is 5.26 Å². The Balaban J connectivity index is 2.46. The third-order valence-electron chi connectivity index (χ3n) is 3.73. The van der Waals surface area contributed by atoms with Crippen molar-refractivity contribution in [1.82, 2.24) is 4.98 Å².